The van der Waals surface area contributed by atoms with Gasteiger partial charge in [-0.05, 0) is 37.1 Å². The van der Waals surface area contributed by atoms with E-state index in [1.54, 1.807) is 6.07 Å². The minimum Gasteiger partial charge on any atom is -0.332 e. The second-order valence-electron chi connectivity index (χ2n) is 4.76. The van der Waals surface area contributed by atoms with E-state index in [4.69, 9.17) is 11.6 Å². The van der Waals surface area contributed by atoms with Crippen molar-refractivity contribution in [3.8, 4) is 0 Å². The molecule has 1 aromatic rings. The summed E-state index contributed by atoms with van der Waals surface area (Å²) >= 11 is 11.2. The number of nitrogens with zero attached hydrogens (tertiary/aromatic N) is 1. The highest BCUT2D eigenvalue weighted by molar-refractivity contribution is 9.09. The second-order valence-corrected chi connectivity index (χ2v) is 7.38. The van der Waals surface area contributed by atoms with Crippen LogP contribution < -0.4 is 0 Å². The molecule has 92 valence electrons. The lowest BCUT2D eigenvalue weighted by Crippen LogP contribution is -2.46. The first-order valence-electron chi connectivity index (χ1n) is 5.86. The molecule has 1 amide bonds. The van der Waals surface area contributed by atoms with Crippen LogP contribution in [0.3, 0.4) is 0 Å². The summed E-state index contributed by atoms with van der Waals surface area (Å²) in [5, 5.41) is 2.48. The van der Waals surface area contributed by atoms with Crippen molar-refractivity contribution in [2.75, 3.05) is 0 Å². The molecule has 1 aromatic heterocycles. The van der Waals surface area contributed by atoms with Crippen LogP contribution in [0.4, 0.5) is 0 Å². The summed E-state index contributed by atoms with van der Waals surface area (Å²) in [6, 6.07) is 2.62. The summed E-state index contributed by atoms with van der Waals surface area (Å²) in [5.41, 5.74) is 0. The van der Waals surface area contributed by atoms with Gasteiger partial charge in [0.25, 0.3) is 5.91 Å². The van der Waals surface area contributed by atoms with Gasteiger partial charge < -0.3 is 4.90 Å². The smallest absolute Gasteiger partial charge is 0.265 e. The number of carbonyl (C=O) groups excluding carboxylic acids is 1. The third-order valence-electron chi connectivity index (χ3n) is 3.72. The molecular weight excluding hydrogens is 322 g/mol. The number of alkyl halides is 1. The standard InChI is InChI=1S/C12H13BrClNOS/c13-7-5-8-1-2-9(6-7)15(8)12(16)11-10(14)3-4-17-11/h3-4,7-9H,1-2,5-6H2. The third kappa shape index (κ3) is 2.04. The Bertz CT molecular complexity index is 435. The molecule has 2 aliphatic rings. The zero-order valence-electron chi connectivity index (χ0n) is 9.23. The zero-order valence-corrected chi connectivity index (χ0v) is 12.4. The number of rotatable bonds is 1. The Morgan fingerprint density at radius 2 is 2.06 bits per heavy atom. The second kappa shape index (κ2) is 4.56. The van der Waals surface area contributed by atoms with Crippen LogP contribution in [-0.4, -0.2) is 27.7 Å². The first-order chi connectivity index (χ1) is 8.16. The van der Waals surface area contributed by atoms with Gasteiger partial charge in [0, 0.05) is 16.9 Å². The topological polar surface area (TPSA) is 20.3 Å². The number of fused-ring (bicyclic) bond motifs is 2. The molecule has 2 nitrogen and oxygen atoms in total. The van der Waals surface area contributed by atoms with E-state index in [9.17, 15) is 4.79 Å². The number of halogens is 2. The third-order valence-corrected chi connectivity index (χ3v) is 5.80. The molecule has 0 radical (unpaired) electrons. The molecule has 2 fully saturated rings. The number of carbonyl (C=O) groups is 1. The molecule has 3 heterocycles. The van der Waals surface area contributed by atoms with Crippen LogP contribution in [0.1, 0.15) is 35.4 Å². The number of hydrogen-bond acceptors (Lipinski definition) is 2. The highest BCUT2D eigenvalue weighted by Gasteiger charge is 2.43. The van der Waals surface area contributed by atoms with E-state index in [1.165, 1.54) is 11.3 Å². The summed E-state index contributed by atoms with van der Waals surface area (Å²) in [6.45, 7) is 0. The van der Waals surface area contributed by atoms with Crippen molar-refractivity contribution in [2.24, 2.45) is 0 Å². The predicted molar refractivity (Wildman–Crippen MR) is 74.3 cm³/mol. The molecule has 0 saturated carbocycles. The van der Waals surface area contributed by atoms with Crippen LogP contribution in [0.25, 0.3) is 0 Å². The highest BCUT2D eigenvalue weighted by atomic mass is 79.9. The number of amides is 1. The fraction of sp³-hybridized carbons (Fsp3) is 0.583. The maximum absolute atomic E-state index is 12.5. The number of piperidine rings is 1. The van der Waals surface area contributed by atoms with Crippen LogP contribution in [0.2, 0.25) is 5.02 Å². The van der Waals surface area contributed by atoms with E-state index in [2.05, 4.69) is 20.8 Å². The quantitative estimate of drug-likeness (QED) is 0.713. The molecule has 3 rings (SSSR count). The van der Waals surface area contributed by atoms with Crippen molar-refractivity contribution >= 4 is 44.8 Å². The van der Waals surface area contributed by atoms with Crippen LogP contribution in [0.5, 0.6) is 0 Å². The van der Waals surface area contributed by atoms with Crippen molar-refractivity contribution in [3.63, 3.8) is 0 Å². The van der Waals surface area contributed by atoms with Gasteiger partial charge in [0.1, 0.15) is 4.88 Å². The first kappa shape index (κ1) is 12.0. The van der Waals surface area contributed by atoms with E-state index in [-0.39, 0.29) is 5.91 Å². The molecule has 5 heteroatoms. The summed E-state index contributed by atoms with van der Waals surface area (Å²) in [7, 11) is 0. The molecule has 17 heavy (non-hydrogen) atoms. The fourth-order valence-electron chi connectivity index (χ4n) is 3.01. The maximum Gasteiger partial charge on any atom is 0.265 e. The Kier molecular flexibility index (Phi) is 3.22. The molecule has 2 saturated heterocycles. The van der Waals surface area contributed by atoms with Gasteiger partial charge in [-0.3, -0.25) is 4.79 Å². The van der Waals surface area contributed by atoms with Crippen molar-refractivity contribution in [1.29, 1.82) is 0 Å². The average Bonchev–Trinajstić information content (AvgIpc) is 2.81. The first-order valence-corrected chi connectivity index (χ1v) is 8.04. The van der Waals surface area contributed by atoms with Gasteiger partial charge >= 0.3 is 0 Å². The lowest BCUT2D eigenvalue weighted by Gasteiger charge is -2.37. The minimum absolute atomic E-state index is 0.136. The summed E-state index contributed by atoms with van der Waals surface area (Å²) in [6.07, 6.45) is 4.43. The maximum atomic E-state index is 12.5. The van der Waals surface area contributed by atoms with E-state index in [0.29, 0.717) is 26.8 Å². The van der Waals surface area contributed by atoms with Gasteiger partial charge in [-0.15, -0.1) is 11.3 Å². The van der Waals surface area contributed by atoms with Crippen molar-refractivity contribution < 1.29 is 4.79 Å². The summed E-state index contributed by atoms with van der Waals surface area (Å²) in [4.78, 5) is 15.8. The number of thiophene rings is 1. The Labute approximate surface area is 118 Å². The molecule has 2 atom stereocenters. The molecular formula is C12H13BrClNOS. The molecule has 0 spiro atoms. The normalized spacial score (nSPS) is 31.9. The lowest BCUT2D eigenvalue weighted by atomic mass is 10.0. The fourth-order valence-corrected chi connectivity index (χ4v) is 4.95. The van der Waals surface area contributed by atoms with Gasteiger partial charge in [0.15, 0.2) is 0 Å². The summed E-state index contributed by atoms with van der Waals surface area (Å²) < 4.78 is 0. The van der Waals surface area contributed by atoms with Gasteiger partial charge in [0.05, 0.1) is 5.02 Å². The Balaban J connectivity index is 1.86. The SMILES string of the molecule is O=C(c1sccc1Cl)N1C2CCC1CC(Br)C2. The van der Waals surface area contributed by atoms with E-state index >= 15 is 0 Å². The average molecular weight is 335 g/mol. The monoisotopic (exact) mass is 333 g/mol. The Morgan fingerprint density at radius 1 is 1.41 bits per heavy atom. The summed E-state index contributed by atoms with van der Waals surface area (Å²) in [5.74, 6) is 0.136. The lowest BCUT2D eigenvalue weighted by molar-refractivity contribution is 0.0609. The van der Waals surface area contributed by atoms with E-state index in [1.807, 2.05) is 5.38 Å². The molecule has 0 N–H and O–H groups in total. The van der Waals surface area contributed by atoms with Crippen LogP contribution in [-0.2, 0) is 0 Å². The Morgan fingerprint density at radius 3 is 2.59 bits per heavy atom. The van der Waals surface area contributed by atoms with E-state index in [0.717, 1.165) is 25.7 Å². The van der Waals surface area contributed by atoms with Crippen LogP contribution in [0, 0.1) is 0 Å². The molecule has 2 aliphatic heterocycles. The number of hydrogen-bond donors (Lipinski definition) is 0. The Hall–Kier alpha value is -0.0600. The minimum atomic E-state index is 0.136. The molecule has 2 bridgehead atoms. The predicted octanol–water partition coefficient (Wildman–Crippen LogP) is 3.93. The van der Waals surface area contributed by atoms with Gasteiger partial charge in [-0.25, -0.2) is 0 Å². The van der Waals surface area contributed by atoms with Gasteiger partial charge in [0.2, 0.25) is 0 Å². The largest absolute Gasteiger partial charge is 0.332 e. The van der Waals surface area contributed by atoms with Crippen LogP contribution >= 0.6 is 38.9 Å². The van der Waals surface area contributed by atoms with Crippen molar-refractivity contribution in [3.05, 3.63) is 21.3 Å². The van der Waals surface area contributed by atoms with Gasteiger partial charge in [-0.1, -0.05) is 27.5 Å². The van der Waals surface area contributed by atoms with Crippen LogP contribution in [0.15, 0.2) is 11.4 Å². The van der Waals surface area contributed by atoms with Gasteiger partial charge in [-0.2, -0.15) is 0 Å². The highest BCUT2D eigenvalue weighted by Crippen LogP contribution is 2.40. The van der Waals surface area contributed by atoms with Crippen molar-refractivity contribution in [2.45, 2.75) is 42.6 Å². The van der Waals surface area contributed by atoms with E-state index < -0.39 is 0 Å². The molecule has 2 unspecified atom stereocenters. The zero-order chi connectivity index (χ0) is 12.0. The molecule has 0 aromatic carbocycles. The molecule has 0 aliphatic carbocycles. The van der Waals surface area contributed by atoms with Crippen molar-refractivity contribution in [1.82, 2.24) is 4.90 Å².